The van der Waals surface area contributed by atoms with Crippen molar-refractivity contribution in [1.82, 2.24) is 0 Å². The summed E-state index contributed by atoms with van der Waals surface area (Å²) in [5.74, 6) is 0. The van der Waals surface area contributed by atoms with Crippen molar-refractivity contribution < 1.29 is 0 Å². The highest BCUT2D eigenvalue weighted by molar-refractivity contribution is 5.70. The molecule has 31 heavy (non-hydrogen) atoms. The molecule has 0 heterocycles. The maximum Gasteiger partial charge on any atom is -0.0152 e. The Labute approximate surface area is 188 Å². The lowest BCUT2D eigenvalue weighted by atomic mass is 9.89. The minimum absolute atomic E-state index is 0.988. The molecule has 3 rings (SSSR count). The van der Waals surface area contributed by atoms with Gasteiger partial charge in [-0.25, -0.2) is 0 Å². The molecule has 0 amide bonds. The summed E-state index contributed by atoms with van der Waals surface area (Å²) >= 11 is 0. The zero-order valence-corrected chi connectivity index (χ0v) is 19.3. The fraction of sp³-hybridized carbons (Fsp3) is 0.226. The highest BCUT2D eigenvalue weighted by atomic mass is 14.2. The molecule has 0 radical (unpaired) electrons. The molecule has 0 N–H and O–H groups in total. The highest BCUT2D eigenvalue weighted by Crippen LogP contribution is 2.29. The van der Waals surface area contributed by atoms with Crippen LogP contribution < -0.4 is 0 Å². The third-order valence-electron chi connectivity index (χ3n) is 6.34. The van der Waals surface area contributed by atoms with Crippen LogP contribution in [0.25, 0.3) is 23.3 Å². The van der Waals surface area contributed by atoms with Crippen LogP contribution in [0.3, 0.4) is 0 Å². The van der Waals surface area contributed by atoms with Crippen molar-refractivity contribution in [3.8, 4) is 11.1 Å². The standard InChI is InChI=1S/C31H34/c1-7-10-11-25-20-26(8-2)30(9-3)29(21-25)17-16-27-18-19-31(24(6)23(27)5)28-14-12-22(4)13-15-28/h7-9,12-15,18-21H,1-3,10-11,16-17H2,4-6H3. The Balaban J connectivity index is 1.89. The van der Waals surface area contributed by atoms with Crippen LogP contribution >= 0.6 is 0 Å². The molecule has 3 aromatic rings. The second-order valence-electron chi connectivity index (χ2n) is 8.38. The Hall–Kier alpha value is -3.12. The van der Waals surface area contributed by atoms with E-state index < -0.39 is 0 Å². The van der Waals surface area contributed by atoms with E-state index in [4.69, 9.17) is 0 Å². The van der Waals surface area contributed by atoms with Crippen molar-refractivity contribution in [2.45, 2.75) is 46.5 Å². The van der Waals surface area contributed by atoms with Gasteiger partial charge in [0.25, 0.3) is 0 Å². The van der Waals surface area contributed by atoms with Crippen molar-refractivity contribution >= 4 is 12.2 Å². The summed E-state index contributed by atoms with van der Waals surface area (Å²) in [6, 6.07) is 18.0. The van der Waals surface area contributed by atoms with Crippen molar-refractivity contribution in [3.63, 3.8) is 0 Å². The van der Waals surface area contributed by atoms with Crippen LogP contribution in [0.5, 0.6) is 0 Å². The first-order valence-electron chi connectivity index (χ1n) is 11.2. The van der Waals surface area contributed by atoms with E-state index >= 15 is 0 Å². The monoisotopic (exact) mass is 406 g/mol. The van der Waals surface area contributed by atoms with Crippen LogP contribution in [0, 0.1) is 20.8 Å². The molecule has 0 fully saturated rings. The predicted molar refractivity (Wildman–Crippen MR) is 139 cm³/mol. The molecule has 0 aliphatic carbocycles. The molecule has 158 valence electrons. The molecule has 0 atom stereocenters. The first kappa shape index (κ1) is 22.6. The molecular weight excluding hydrogens is 372 g/mol. The fourth-order valence-corrected chi connectivity index (χ4v) is 4.31. The third-order valence-corrected chi connectivity index (χ3v) is 6.34. The number of benzene rings is 3. The maximum atomic E-state index is 4.07. The van der Waals surface area contributed by atoms with E-state index in [1.165, 1.54) is 55.6 Å². The summed E-state index contributed by atoms with van der Waals surface area (Å²) in [4.78, 5) is 0. The van der Waals surface area contributed by atoms with Crippen molar-refractivity contribution in [2.24, 2.45) is 0 Å². The second-order valence-corrected chi connectivity index (χ2v) is 8.38. The SMILES string of the molecule is C=CCCc1cc(C=C)c(C=C)c(CCc2ccc(-c3ccc(C)cc3)c(C)c2C)c1. The van der Waals surface area contributed by atoms with Gasteiger partial charge in [-0.15, -0.1) is 6.58 Å². The third kappa shape index (κ3) is 5.14. The average Bonchev–Trinajstić information content (AvgIpc) is 2.79. The molecule has 0 heteroatoms. The van der Waals surface area contributed by atoms with Gasteiger partial charge in [0.1, 0.15) is 0 Å². The lowest BCUT2D eigenvalue weighted by Crippen LogP contribution is -2.01. The van der Waals surface area contributed by atoms with Gasteiger partial charge in [-0.2, -0.15) is 0 Å². The number of hydrogen-bond acceptors (Lipinski definition) is 0. The summed E-state index contributed by atoms with van der Waals surface area (Å²) in [5, 5.41) is 0. The van der Waals surface area contributed by atoms with Crippen LogP contribution in [-0.4, -0.2) is 0 Å². The minimum Gasteiger partial charge on any atom is -0.103 e. The summed E-state index contributed by atoms with van der Waals surface area (Å²) in [5.41, 5.74) is 13.2. The van der Waals surface area contributed by atoms with E-state index in [-0.39, 0.29) is 0 Å². The van der Waals surface area contributed by atoms with E-state index in [1.807, 2.05) is 18.2 Å². The van der Waals surface area contributed by atoms with Gasteiger partial charge < -0.3 is 0 Å². The lowest BCUT2D eigenvalue weighted by Gasteiger charge is -2.16. The molecule has 0 aromatic heterocycles. The Morgan fingerprint density at radius 2 is 1.42 bits per heavy atom. The molecular formula is C31H34. The summed E-state index contributed by atoms with van der Waals surface area (Å²) in [6.45, 7) is 18.6. The molecule has 0 saturated heterocycles. The molecule has 0 bridgehead atoms. The van der Waals surface area contributed by atoms with Gasteiger partial charge in [-0.3, -0.25) is 0 Å². The molecule has 0 unspecified atom stereocenters. The average molecular weight is 407 g/mol. The number of aryl methyl sites for hydroxylation is 4. The maximum absolute atomic E-state index is 4.07. The van der Waals surface area contributed by atoms with E-state index in [2.05, 4.69) is 89.0 Å². The quantitative estimate of drug-likeness (QED) is 0.313. The van der Waals surface area contributed by atoms with Crippen LogP contribution in [0.1, 0.15) is 50.9 Å². The Bertz CT molecular complexity index is 1090. The van der Waals surface area contributed by atoms with Crippen LogP contribution in [0.2, 0.25) is 0 Å². The van der Waals surface area contributed by atoms with E-state index in [0.717, 1.165) is 25.7 Å². The Morgan fingerprint density at radius 1 is 0.710 bits per heavy atom. The topological polar surface area (TPSA) is 0 Å². The Kier molecular flexibility index (Phi) is 7.47. The highest BCUT2D eigenvalue weighted by Gasteiger charge is 2.11. The zero-order valence-electron chi connectivity index (χ0n) is 19.3. The van der Waals surface area contributed by atoms with Crippen molar-refractivity contribution in [2.75, 3.05) is 0 Å². The Morgan fingerprint density at radius 3 is 2.06 bits per heavy atom. The van der Waals surface area contributed by atoms with Gasteiger partial charge in [0.15, 0.2) is 0 Å². The van der Waals surface area contributed by atoms with Gasteiger partial charge in [0.2, 0.25) is 0 Å². The van der Waals surface area contributed by atoms with E-state index in [1.54, 1.807) is 0 Å². The van der Waals surface area contributed by atoms with Gasteiger partial charge in [0.05, 0.1) is 0 Å². The summed E-state index contributed by atoms with van der Waals surface area (Å²) in [6.07, 6.45) is 9.92. The van der Waals surface area contributed by atoms with Crippen LogP contribution in [-0.2, 0) is 19.3 Å². The molecule has 0 saturated carbocycles. The first-order chi connectivity index (χ1) is 15.0. The molecule has 0 spiro atoms. The molecule has 3 aromatic carbocycles. The fourth-order valence-electron chi connectivity index (χ4n) is 4.31. The smallest absolute Gasteiger partial charge is 0.0152 e. The van der Waals surface area contributed by atoms with E-state index in [9.17, 15) is 0 Å². The number of hydrogen-bond donors (Lipinski definition) is 0. The van der Waals surface area contributed by atoms with Crippen LogP contribution in [0.4, 0.5) is 0 Å². The predicted octanol–water partition coefficient (Wildman–Crippen LogP) is 8.47. The van der Waals surface area contributed by atoms with Gasteiger partial charge in [-0.1, -0.05) is 85.5 Å². The van der Waals surface area contributed by atoms with Gasteiger partial charge in [-0.05, 0) is 96.5 Å². The lowest BCUT2D eigenvalue weighted by molar-refractivity contribution is 0.929. The van der Waals surface area contributed by atoms with E-state index in [0.29, 0.717) is 0 Å². The van der Waals surface area contributed by atoms with Crippen LogP contribution in [0.15, 0.2) is 74.3 Å². The normalized spacial score (nSPS) is 10.7. The van der Waals surface area contributed by atoms with Gasteiger partial charge >= 0.3 is 0 Å². The van der Waals surface area contributed by atoms with Crippen molar-refractivity contribution in [3.05, 3.63) is 119 Å². The minimum atomic E-state index is 0.988. The summed E-state index contributed by atoms with van der Waals surface area (Å²) < 4.78 is 0. The second kappa shape index (κ2) is 10.3. The van der Waals surface area contributed by atoms with Gasteiger partial charge in [0, 0.05) is 0 Å². The number of allylic oxidation sites excluding steroid dienone is 1. The zero-order chi connectivity index (χ0) is 22.4. The summed E-state index contributed by atoms with van der Waals surface area (Å²) in [7, 11) is 0. The number of rotatable bonds is 9. The van der Waals surface area contributed by atoms with Crippen molar-refractivity contribution in [1.29, 1.82) is 0 Å². The largest absolute Gasteiger partial charge is 0.103 e. The first-order valence-corrected chi connectivity index (χ1v) is 11.2. The molecule has 0 aliphatic rings. The molecule has 0 nitrogen and oxygen atoms in total. The molecule has 0 aliphatic heterocycles.